The van der Waals surface area contributed by atoms with Gasteiger partial charge in [-0.15, -0.1) is 0 Å². The molecule has 0 spiro atoms. The number of halogens is 1. The molecule has 2 nitrogen and oxygen atoms in total. The van der Waals surface area contributed by atoms with E-state index in [1.165, 1.54) is 19.3 Å². The molecule has 3 rings (SSSR count). The van der Waals surface area contributed by atoms with Crippen LogP contribution in [0.3, 0.4) is 0 Å². The van der Waals surface area contributed by atoms with Crippen molar-refractivity contribution >= 4 is 0 Å². The second kappa shape index (κ2) is 5.59. The summed E-state index contributed by atoms with van der Waals surface area (Å²) in [4.78, 5) is 2.48. The molecule has 0 aromatic heterocycles. The number of nitrogens with one attached hydrogen (secondary N) is 1. The minimum Gasteiger partial charge on any atom is -0.314 e. The van der Waals surface area contributed by atoms with E-state index in [4.69, 9.17) is 0 Å². The number of piperazine rings is 1. The van der Waals surface area contributed by atoms with Crippen LogP contribution in [-0.4, -0.2) is 31.1 Å². The maximum absolute atomic E-state index is 14.3. The van der Waals surface area contributed by atoms with E-state index in [2.05, 4.69) is 23.2 Å². The van der Waals surface area contributed by atoms with Crippen LogP contribution in [0.2, 0.25) is 0 Å². The number of nitrogens with zero attached hydrogens (tertiary/aromatic N) is 1. The van der Waals surface area contributed by atoms with E-state index in [0.29, 0.717) is 5.92 Å². The first-order chi connectivity index (χ1) is 9.25. The minimum atomic E-state index is -0.0268. The molecule has 0 bridgehead atoms. The van der Waals surface area contributed by atoms with Crippen LogP contribution >= 0.6 is 0 Å². The topological polar surface area (TPSA) is 15.3 Å². The van der Waals surface area contributed by atoms with Crippen LogP contribution < -0.4 is 5.32 Å². The predicted molar refractivity (Wildman–Crippen MR) is 75.7 cm³/mol. The van der Waals surface area contributed by atoms with Crippen molar-refractivity contribution in [2.24, 2.45) is 5.92 Å². The normalized spacial score (nSPS) is 23.1. The summed E-state index contributed by atoms with van der Waals surface area (Å²) in [5.41, 5.74) is 2.09. The maximum Gasteiger partial charge on any atom is 0.128 e. The molecule has 1 N–H and O–H groups in total. The molecule has 1 aromatic carbocycles. The molecular weight excluding hydrogens is 239 g/mol. The Morgan fingerprint density at radius 3 is 2.63 bits per heavy atom. The Balaban J connectivity index is 1.90. The molecule has 0 radical (unpaired) electrons. The summed E-state index contributed by atoms with van der Waals surface area (Å²) in [6, 6.07) is 5.85. The lowest BCUT2D eigenvalue weighted by Crippen LogP contribution is -2.48. The molecule has 104 valence electrons. The van der Waals surface area contributed by atoms with Crippen LogP contribution in [0.15, 0.2) is 18.2 Å². The quantitative estimate of drug-likeness (QED) is 0.901. The minimum absolute atomic E-state index is 0.0268. The summed E-state index contributed by atoms with van der Waals surface area (Å²) < 4.78 is 14.3. The molecule has 1 saturated carbocycles. The van der Waals surface area contributed by atoms with Gasteiger partial charge in [0.2, 0.25) is 0 Å². The molecular formula is C16H23FN2. The maximum atomic E-state index is 14.3. The van der Waals surface area contributed by atoms with Gasteiger partial charge in [-0.25, -0.2) is 4.39 Å². The van der Waals surface area contributed by atoms with E-state index in [9.17, 15) is 4.39 Å². The Morgan fingerprint density at radius 1 is 1.26 bits per heavy atom. The fourth-order valence-electron chi connectivity index (χ4n) is 3.35. The second-order valence-corrected chi connectivity index (χ2v) is 5.95. The van der Waals surface area contributed by atoms with Gasteiger partial charge in [0, 0.05) is 37.8 Å². The van der Waals surface area contributed by atoms with Gasteiger partial charge < -0.3 is 5.32 Å². The Kier molecular flexibility index (Phi) is 3.85. The third-order valence-corrected chi connectivity index (χ3v) is 4.61. The van der Waals surface area contributed by atoms with E-state index in [1.54, 1.807) is 6.07 Å². The Morgan fingerprint density at radius 2 is 2.00 bits per heavy atom. The molecule has 2 aliphatic rings. The van der Waals surface area contributed by atoms with Gasteiger partial charge in [0.1, 0.15) is 5.82 Å². The number of hydrogen-bond donors (Lipinski definition) is 1. The van der Waals surface area contributed by atoms with Gasteiger partial charge in [0.25, 0.3) is 0 Å². The average Bonchev–Trinajstić information content (AvgIpc) is 2.38. The standard InChI is InChI=1S/C16H23FN2/c1-12-5-6-15(17)14(11-12)16(13-3-2-4-13)19-9-7-18-8-10-19/h5-6,11,13,16,18H,2-4,7-10H2,1H3/t16-/m0/s1. The fraction of sp³-hybridized carbons (Fsp3) is 0.625. The van der Waals surface area contributed by atoms with E-state index >= 15 is 0 Å². The number of rotatable bonds is 3. The van der Waals surface area contributed by atoms with Crippen molar-refractivity contribution in [2.45, 2.75) is 32.2 Å². The predicted octanol–water partition coefficient (Wildman–Crippen LogP) is 2.88. The zero-order chi connectivity index (χ0) is 13.2. The van der Waals surface area contributed by atoms with E-state index in [-0.39, 0.29) is 11.9 Å². The Bertz CT molecular complexity index is 436. The first kappa shape index (κ1) is 13.1. The highest BCUT2D eigenvalue weighted by atomic mass is 19.1. The molecule has 1 heterocycles. The number of benzene rings is 1. The third kappa shape index (κ3) is 2.67. The third-order valence-electron chi connectivity index (χ3n) is 4.61. The monoisotopic (exact) mass is 262 g/mol. The number of aryl methyl sites for hydroxylation is 1. The molecule has 3 heteroatoms. The summed E-state index contributed by atoms with van der Waals surface area (Å²) >= 11 is 0. The van der Waals surface area contributed by atoms with Crippen molar-refractivity contribution < 1.29 is 4.39 Å². The van der Waals surface area contributed by atoms with Gasteiger partial charge in [0.15, 0.2) is 0 Å². The zero-order valence-corrected chi connectivity index (χ0v) is 11.7. The van der Waals surface area contributed by atoms with Crippen LogP contribution in [-0.2, 0) is 0 Å². The first-order valence-corrected chi connectivity index (χ1v) is 7.46. The molecule has 19 heavy (non-hydrogen) atoms. The van der Waals surface area contributed by atoms with Crippen molar-refractivity contribution in [3.8, 4) is 0 Å². The van der Waals surface area contributed by atoms with Crippen LogP contribution in [0.5, 0.6) is 0 Å². The highest BCUT2D eigenvalue weighted by molar-refractivity contribution is 5.28. The van der Waals surface area contributed by atoms with Crippen molar-refractivity contribution in [2.75, 3.05) is 26.2 Å². The first-order valence-electron chi connectivity index (χ1n) is 7.46. The zero-order valence-electron chi connectivity index (χ0n) is 11.7. The van der Waals surface area contributed by atoms with Gasteiger partial charge in [-0.05, 0) is 31.7 Å². The molecule has 0 amide bonds. The molecule has 1 saturated heterocycles. The summed E-state index contributed by atoms with van der Waals surface area (Å²) in [5.74, 6) is 0.621. The second-order valence-electron chi connectivity index (χ2n) is 5.95. The Labute approximate surface area is 115 Å². The summed E-state index contributed by atoms with van der Waals surface area (Å²) in [7, 11) is 0. The molecule has 1 aliphatic heterocycles. The number of hydrogen-bond acceptors (Lipinski definition) is 2. The van der Waals surface area contributed by atoms with Gasteiger partial charge in [-0.3, -0.25) is 4.90 Å². The highest BCUT2D eigenvalue weighted by Gasteiger charge is 2.34. The van der Waals surface area contributed by atoms with Crippen molar-refractivity contribution in [1.82, 2.24) is 10.2 Å². The van der Waals surface area contributed by atoms with Crippen LogP contribution in [0.4, 0.5) is 4.39 Å². The molecule has 1 atom stereocenters. The highest BCUT2D eigenvalue weighted by Crippen LogP contribution is 2.42. The lowest BCUT2D eigenvalue weighted by Gasteiger charge is -2.43. The van der Waals surface area contributed by atoms with Gasteiger partial charge in [0.05, 0.1) is 0 Å². The van der Waals surface area contributed by atoms with Gasteiger partial charge >= 0.3 is 0 Å². The van der Waals surface area contributed by atoms with Crippen molar-refractivity contribution in [3.63, 3.8) is 0 Å². The SMILES string of the molecule is Cc1ccc(F)c([C@H](C2CCC2)N2CCNCC2)c1. The summed E-state index contributed by atoms with van der Waals surface area (Å²) in [6.07, 6.45) is 3.81. The molecule has 2 fully saturated rings. The van der Waals surface area contributed by atoms with Gasteiger partial charge in [-0.2, -0.15) is 0 Å². The Hall–Kier alpha value is -0.930. The largest absolute Gasteiger partial charge is 0.314 e. The fourth-order valence-corrected chi connectivity index (χ4v) is 3.35. The molecule has 0 unspecified atom stereocenters. The van der Waals surface area contributed by atoms with Crippen LogP contribution in [0.25, 0.3) is 0 Å². The summed E-state index contributed by atoms with van der Waals surface area (Å²) in [5, 5.41) is 3.39. The van der Waals surface area contributed by atoms with E-state index < -0.39 is 0 Å². The molecule has 1 aliphatic carbocycles. The van der Waals surface area contributed by atoms with E-state index in [1.807, 2.05) is 6.07 Å². The molecule has 1 aromatic rings. The van der Waals surface area contributed by atoms with Crippen molar-refractivity contribution in [3.05, 3.63) is 35.1 Å². The lowest BCUT2D eigenvalue weighted by atomic mass is 9.76. The van der Waals surface area contributed by atoms with E-state index in [0.717, 1.165) is 37.3 Å². The van der Waals surface area contributed by atoms with Crippen molar-refractivity contribution in [1.29, 1.82) is 0 Å². The lowest BCUT2D eigenvalue weighted by molar-refractivity contribution is 0.0811. The summed E-state index contributed by atoms with van der Waals surface area (Å²) in [6.45, 7) is 6.18. The van der Waals surface area contributed by atoms with Gasteiger partial charge in [-0.1, -0.05) is 24.1 Å². The average molecular weight is 262 g/mol. The van der Waals surface area contributed by atoms with Crippen LogP contribution in [0, 0.1) is 18.7 Å². The van der Waals surface area contributed by atoms with Crippen LogP contribution in [0.1, 0.15) is 36.4 Å². The smallest absolute Gasteiger partial charge is 0.128 e.